The number of amides is 11. The molecule has 11 atom stereocenters. The van der Waals surface area contributed by atoms with Crippen molar-refractivity contribution in [3.63, 3.8) is 0 Å². The highest BCUT2D eigenvalue weighted by molar-refractivity contribution is 7.80. The Morgan fingerprint density at radius 2 is 0.927 bits per heavy atom. The highest BCUT2D eigenvalue weighted by atomic mass is 32.1. The van der Waals surface area contributed by atoms with E-state index in [0.717, 1.165) is 71.1 Å². The molecule has 96 heavy (non-hydrogen) atoms. The molecule has 2 aromatic rings. The van der Waals surface area contributed by atoms with Crippen LogP contribution in [-0.4, -0.2) is 176 Å². The number of nitrogens with one attached hydrogen (secondary N) is 9. The second-order valence-electron chi connectivity index (χ2n) is 25.8. The van der Waals surface area contributed by atoms with E-state index in [9.17, 15) is 72.9 Å². The molecule has 2 aliphatic carbocycles. The average molecular weight is 1360 g/mol. The fourth-order valence-electron chi connectivity index (χ4n) is 12.8. The topological polar surface area (TPSA) is 437 Å². The molecule has 0 spiro atoms. The Labute approximate surface area is 564 Å². The molecule has 28 nitrogen and oxygen atoms in total. The van der Waals surface area contributed by atoms with Gasteiger partial charge in [0.15, 0.2) is 0 Å². The van der Waals surface area contributed by atoms with Crippen molar-refractivity contribution in [1.29, 1.82) is 0 Å². The Morgan fingerprint density at radius 3 is 1.40 bits per heavy atom. The summed E-state index contributed by atoms with van der Waals surface area (Å²) >= 11 is 4.48. The van der Waals surface area contributed by atoms with Gasteiger partial charge in [0.1, 0.15) is 60.4 Å². The van der Waals surface area contributed by atoms with Crippen molar-refractivity contribution in [3.05, 3.63) is 71.8 Å². The molecule has 528 valence electrons. The van der Waals surface area contributed by atoms with E-state index in [2.05, 4.69) is 60.5 Å². The summed E-state index contributed by atoms with van der Waals surface area (Å²) in [5.74, 6) is -16.4. The van der Waals surface area contributed by atoms with E-state index in [1.165, 1.54) is 4.90 Å². The number of primary amides is 1. The molecule has 1 saturated heterocycles. The molecule has 29 heteroatoms. The largest absolute Gasteiger partial charge is 0.481 e. The first-order valence-electron chi connectivity index (χ1n) is 33.3. The predicted molar refractivity (Wildman–Crippen MR) is 354 cm³/mol. The molecular formula is C67H97N11O17S. The summed E-state index contributed by atoms with van der Waals surface area (Å²) in [5.41, 5.74) is 6.51. The van der Waals surface area contributed by atoms with E-state index >= 15 is 9.59 Å². The Kier molecular flexibility index (Phi) is 31.6. The van der Waals surface area contributed by atoms with Crippen LogP contribution in [0.4, 0.5) is 0 Å². The van der Waals surface area contributed by atoms with E-state index < -0.39 is 187 Å². The molecule has 2 saturated carbocycles. The standard InChI is InChI=1S/C67H97N11O17S/c1-6-38(4)56(76-66(94)57(54(42-24-15-9-16-25-42)43-26-17-10-18-27-43)77-59(87)44(29-30-51(80)81)70-62(90)47(34-52(82)83)69-39(5)79)65(93)73-46(33-41-22-13-8-14-23-41)61(89)74-49(36-96)67(95)78-31-19-28-50(78)64(92)72-45(32-40-20-11-7-12-21-40)60(88)71-48(35-53(84)85)63(91)75-55(37(2)3)58(68)86/h9-10,15-18,24-27,37-38,40-41,44-50,54-57,96H,6-8,11-14,19-23,28-36H2,1-5H3,(H2,68,86)(H,69,79)(H,70,90)(H,71,88)(H,72,92)(H,73,93)(H,74,89)(H,75,91)(H,76,94)(H,77,87)(H,80,81)(H,82,83)(H,84,85)/t38?,44-,45?,46-,47-,48-,49-,50+,55-,56-,57-/m0/s1. The minimum atomic E-state index is -1.72. The molecule has 2 aromatic carbocycles. The van der Waals surface area contributed by atoms with Crippen LogP contribution in [0.5, 0.6) is 0 Å². The van der Waals surface area contributed by atoms with Gasteiger partial charge in [-0.25, -0.2) is 0 Å². The zero-order valence-electron chi connectivity index (χ0n) is 55.3. The third kappa shape index (κ3) is 24.2. The molecule has 0 radical (unpaired) electrons. The quantitative estimate of drug-likeness (QED) is 0.0431. The van der Waals surface area contributed by atoms with Crippen LogP contribution in [-0.2, 0) is 67.1 Å². The minimum Gasteiger partial charge on any atom is -0.481 e. The molecule has 2 unspecified atom stereocenters. The Morgan fingerprint density at radius 1 is 0.500 bits per heavy atom. The molecule has 1 heterocycles. The summed E-state index contributed by atoms with van der Waals surface area (Å²) in [4.78, 5) is 192. The molecule has 14 N–H and O–H groups in total. The van der Waals surface area contributed by atoms with Gasteiger partial charge in [0.25, 0.3) is 0 Å². The monoisotopic (exact) mass is 1360 g/mol. The zero-order chi connectivity index (χ0) is 70.8. The van der Waals surface area contributed by atoms with Crippen molar-refractivity contribution in [1.82, 2.24) is 52.8 Å². The lowest BCUT2D eigenvalue weighted by molar-refractivity contribution is -0.143. The van der Waals surface area contributed by atoms with Gasteiger partial charge in [-0.05, 0) is 66.9 Å². The van der Waals surface area contributed by atoms with Gasteiger partial charge in [-0.1, -0.05) is 159 Å². The maximum atomic E-state index is 15.4. The van der Waals surface area contributed by atoms with Gasteiger partial charge in [-0.15, -0.1) is 0 Å². The molecule has 5 rings (SSSR count). The van der Waals surface area contributed by atoms with Crippen molar-refractivity contribution in [2.75, 3.05) is 12.3 Å². The number of hydrogen-bond acceptors (Lipinski definition) is 15. The maximum Gasteiger partial charge on any atom is 0.305 e. The summed E-state index contributed by atoms with van der Waals surface area (Å²) in [7, 11) is 0. The highest BCUT2D eigenvalue weighted by Gasteiger charge is 2.43. The smallest absolute Gasteiger partial charge is 0.305 e. The second kappa shape index (κ2) is 38.8. The number of benzene rings is 2. The lowest BCUT2D eigenvalue weighted by Gasteiger charge is -2.34. The zero-order valence-corrected chi connectivity index (χ0v) is 56.2. The highest BCUT2D eigenvalue weighted by Crippen LogP contribution is 2.32. The van der Waals surface area contributed by atoms with Gasteiger partial charge in [0, 0.05) is 31.6 Å². The van der Waals surface area contributed by atoms with Crippen LogP contribution in [0.25, 0.3) is 0 Å². The van der Waals surface area contributed by atoms with Crippen LogP contribution in [0.1, 0.15) is 174 Å². The molecule has 0 aromatic heterocycles. The van der Waals surface area contributed by atoms with E-state index in [1.807, 2.05) is 0 Å². The molecular weight excluding hydrogens is 1260 g/mol. The molecule has 3 fully saturated rings. The van der Waals surface area contributed by atoms with Crippen LogP contribution in [0, 0.1) is 23.7 Å². The van der Waals surface area contributed by atoms with Crippen LogP contribution in [0.3, 0.4) is 0 Å². The normalized spacial score (nSPS) is 18.2. The van der Waals surface area contributed by atoms with Gasteiger partial charge in [-0.3, -0.25) is 67.1 Å². The van der Waals surface area contributed by atoms with Crippen molar-refractivity contribution >= 4 is 95.5 Å². The second-order valence-corrected chi connectivity index (χ2v) is 26.2. The van der Waals surface area contributed by atoms with Gasteiger partial charge in [0.05, 0.1) is 12.8 Å². The summed E-state index contributed by atoms with van der Waals surface area (Å²) in [6.45, 7) is 7.80. The number of aliphatic carboxylic acids is 3. The number of carboxylic acids is 3. The first-order chi connectivity index (χ1) is 45.6. The number of rotatable bonds is 37. The van der Waals surface area contributed by atoms with Crippen LogP contribution >= 0.6 is 12.6 Å². The van der Waals surface area contributed by atoms with Crippen LogP contribution < -0.4 is 53.6 Å². The third-order valence-corrected chi connectivity index (χ3v) is 18.5. The van der Waals surface area contributed by atoms with Crippen molar-refractivity contribution in [3.8, 4) is 0 Å². The molecule has 1 aliphatic heterocycles. The summed E-state index contributed by atoms with van der Waals surface area (Å²) in [6, 6.07) is 2.63. The number of thiol groups is 1. The van der Waals surface area contributed by atoms with E-state index in [4.69, 9.17) is 5.73 Å². The minimum absolute atomic E-state index is 0.0339. The molecule has 11 amide bonds. The van der Waals surface area contributed by atoms with E-state index in [1.54, 1.807) is 88.4 Å². The number of carbonyl (C=O) groups excluding carboxylic acids is 11. The number of nitrogens with zero attached hydrogens (tertiary/aromatic N) is 1. The summed E-state index contributed by atoms with van der Waals surface area (Å²) < 4.78 is 0. The average Bonchev–Trinajstić information content (AvgIpc) is 0.846. The summed E-state index contributed by atoms with van der Waals surface area (Å²) in [6.07, 6.45) is 6.29. The first kappa shape index (κ1) is 78.1. The van der Waals surface area contributed by atoms with Crippen LogP contribution in [0.2, 0.25) is 0 Å². The number of carboxylic acid groups (broad SMARTS) is 3. The lowest BCUT2D eigenvalue weighted by Crippen LogP contribution is -2.62. The SMILES string of the molecule is CCC(C)[C@H](NC(=O)[C@@H](NC(=O)[C@H](CCC(=O)O)NC(=O)[C@H](CC(=O)O)NC(C)=O)C(c1ccccc1)c1ccccc1)C(=O)N[C@@H](CC1CCCCC1)C(=O)N[C@@H](CS)C(=O)N1CCC[C@@H]1C(=O)NC(CC1CCCCC1)C(=O)N[C@@H](CC(=O)O)C(=O)N[C@H](C(N)=O)C(C)C. The lowest BCUT2D eigenvalue weighted by atomic mass is 9.83. The third-order valence-electron chi connectivity index (χ3n) is 18.1. The molecule has 0 bridgehead atoms. The van der Waals surface area contributed by atoms with Crippen molar-refractivity contribution in [2.45, 2.75) is 223 Å². The Balaban J connectivity index is 1.44. The Bertz CT molecular complexity index is 2980. The number of carbonyl (C=O) groups is 14. The maximum absolute atomic E-state index is 15.4. The fraction of sp³-hybridized carbons (Fsp3) is 0.612. The summed E-state index contributed by atoms with van der Waals surface area (Å²) in [5, 5.41) is 52.6. The number of likely N-dealkylation sites (tertiary alicyclic amines) is 1. The number of hydrogen-bond donors (Lipinski definition) is 14. The van der Waals surface area contributed by atoms with E-state index in [0.29, 0.717) is 17.5 Å². The van der Waals surface area contributed by atoms with Crippen molar-refractivity contribution in [2.24, 2.45) is 29.4 Å². The van der Waals surface area contributed by atoms with E-state index in [-0.39, 0.29) is 49.8 Å². The van der Waals surface area contributed by atoms with Gasteiger partial charge in [-0.2, -0.15) is 12.6 Å². The van der Waals surface area contributed by atoms with Crippen molar-refractivity contribution < 1.29 is 82.4 Å². The predicted octanol–water partition coefficient (Wildman–Crippen LogP) is 2.06. The Hall–Kier alpha value is -8.63. The molecule has 3 aliphatic rings. The first-order valence-corrected chi connectivity index (χ1v) is 33.9. The number of nitrogens with two attached hydrogens (primary N) is 1. The van der Waals surface area contributed by atoms with Gasteiger partial charge >= 0.3 is 17.9 Å². The van der Waals surface area contributed by atoms with Gasteiger partial charge < -0.3 is 73.8 Å². The fourth-order valence-corrected chi connectivity index (χ4v) is 13.0. The van der Waals surface area contributed by atoms with Gasteiger partial charge in [0.2, 0.25) is 65.0 Å². The van der Waals surface area contributed by atoms with Crippen LogP contribution in [0.15, 0.2) is 60.7 Å².